The van der Waals surface area contributed by atoms with Crippen molar-refractivity contribution in [3.63, 3.8) is 0 Å². The van der Waals surface area contributed by atoms with Crippen LogP contribution >= 0.6 is 11.3 Å². The van der Waals surface area contributed by atoms with E-state index >= 15 is 0 Å². The van der Waals surface area contributed by atoms with Gasteiger partial charge < -0.3 is 5.32 Å². The maximum absolute atomic E-state index is 12.0. The molecule has 1 fully saturated rings. The van der Waals surface area contributed by atoms with Crippen molar-refractivity contribution < 1.29 is 4.79 Å². The minimum absolute atomic E-state index is 0.121. The highest BCUT2D eigenvalue weighted by atomic mass is 32.1. The van der Waals surface area contributed by atoms with E-state index in [4.69, 9.17) is 0 Å². The van der Waals surface area contributed by atoms with E-state index in [1.807, 2.05) is 18.3 Å². The van der Waals surface area contributed by atoms with Crippen LogP contribution in [0.4, 0.5) is 0 Å². The fraction of sp³-hybridized carbons (Fsp3) is 0.688. The fourth-order valence-electron chi connectivity index (χ4n) is 2.81. The molecule has 0 aromatic carbocycles. The lowest BCUT2D eigenvalue weighted by molar-refractivity contribution is -0.123. The normalized spacial score (nSPS) is 21.1. The first kappa shape index (κ1) is 14.1. The zero-order chi connectivity index (χ0) is 14.1. The first-order valence-electron chi connectivity index (χ1n) is 7.81. The maximum atomic E-state index is 12.0. The predicted octanol–water partition coefficient (Wildman–Crippen LogP) is 2.94. The molecule has 4 heteroatoms. The summed E-state index contributed by atoms with van der Waals surface area (Å²) in [6.07, 6.45) is 7.41. The maximum Gasteiger partial charge on any atom is 0.237 e. The van der Waals surface area contributed by atoms with Gasteiger partial charge in [-0.2, -0.15) is 0 Å². The van der Waals surface area contributed by atoms with E-state index in [-0.39, 0.29) is 18.0 Å². The third-order valence-corrected chi connectivity index (χ3v) is 5.68. The van der Waals surface area contributed by atoms with E-state index in [2.05, 4.69) is 23.6 Å². The molecule has 2 aliphatic carbocycles. The van der Waals surface area contributed by atoms with Crippen LogP contribution in [0.15, 0.2) is 6.07 Å². The van der Waals surface area contributed by atoms with Crippen LogP contribution in [0.5, 0.6) is 0 Å². The molecule has 110 valence electrons. The number of aryl methyl sites for hydroxylation is 2. The largest absolute Gasteiger partial charge is 0.352 e. The van der Waals surface area contributed by atoms with Crippen molar-refractivity contribution in [3.05, 3.63) is 21.4 Å². The fourth-order valence-corrected chi connectivity index (χ4v) is 4.08. The molecule has 3 nitrogen and oxygen atoms in total. The van der Waals surface area contributed by atoms with Crippen LogP contribution in [0, 0.1) is 0 Å². The van der Waals surface area contributed by atoms with Gasteiger partial charge in [-0.3, -0.25) is 10.1 Å². The van der Waals surface area contributed by atoms with Gasteiger partial charge in [-0.05, 0) is 64.0 Å². The van der Waals surface area contributed by atoms with Crippen molar-refractivity contribution >= 4 is 17.2 Å². The number of fused-ring (bicyclic) bond motifs is 1. The molecule has 1 amide bonds. The van der Waals surface area contributed by atoms with Crippen LogP contribution in [-0.2, 0) is 17.6 Å². The monoisotopic (exact) mass is 292 g/mol. The molecule has 0 saturated heterocycles. The summed E-state index contributed by atoms with van der Waals surface area (Å²) >= 11 is 1.93. The van der Waals surface area contributed by atoms with Crippen molar-refractivity contribution in [1.29, 1.82) is 0 Å². The summed E-state index contributed by atoms with van der Waals surface area (Å²) in [4.78, 5) is 14.9. The summed E-state index contributed by atoms with van der Waals surface area (Å²) in [5.41, 5.74) is 1.54. The number of amides is 1. The molecule has 2 unspecified atom stereocenters. The number of rotatable bonds is 5. The van der Waals surface area contributed by atoms with E-state index in [1.165, 1.54) is 30.6 Å². The average Bonchev–Trinajstić information content (AvgIpc) is 3.13. The summed E-state index contributed by atoms with van der Waals surface area (Å²) in [6, 6.07) is 2.92. The molecule has 3 rings (SSSR count). The Morgan fingerprint density at radius 2 is 2.05 bits per heavy atom. The van der Waals surface area contributed by atoms with Gasteiger partial charge in [0.05, 0.1) is 6.04 Å². The third kappa shape index (κ3) is 3.23. The molecule has 2 atom stereocenters. The Morgan fingerprint density at radius 3 is 2.75 bits per heavy atom. The van der Waals surface area contributed by atoms with Gasteiger partial charge in [-0.25, -0.2) is 0 Å². The summed E-state index contributed by atoms with van der Waals surface area (Å²) in [5, 5.41) is 6.50. The SMILES string of the molecule is CC(NC(C)c1cc2c(s1)CCCC2)C(=O)NC1CC1. The standard InChI is InChI=1S/C16H24N2OS/c1-10(17-11(2)16(19)18-13-7-8-13)15-9-12-5-3-4-6-14(12)20-15/h9-11,13,17H,3-8H2,1-2H3,(H,18,19). The number of nitrogens with one attached hydrogen (secondary N) is 2. The molecule has 0 spiro atoms. The highest BCUT2D eigenvalue weighted by Gasteiger charge is 2.26. The van der Waals surface area contributed by atoms with Crippen molar-refractivity contribution in [2.45, 2.75) is 70.5 Å². The molecular formula is C16H24N2OS. The van der Waals surface area contributed by atoms with Crippen LogP contribution < -0.4 is 10.6 Å². The second-order valence-corrected chi connectivity index (χ2v) is 7.37. The number of hydrogen-bond donors (Lipinski definition) is 2. The van der Waals surface area contributed by atoms with Crippen LogP contribution in [0.3, 0.4) is 0 Å². The van der Waals surface area contributed by atoms with E-state index < -0.39 is 0 Å². The molecular weight excluding hydrogens is 268 g/mol. The van der Waals surface area contributed by atoms with Crippen molar-refractivity contribution in [2.24, 2.45) is 0 Å². The molecule has 2 N–H and O–H groups in total. The van der Waals surface area contributed by atoms with Crippen LogP contribution in [-0.4, -0.2) is 18.0 Å². The Bertz CT molecular complexity index is 469. The summed E-state index contributed by atoms with van der Waals surface area (Å²) in [7, 11) is 0. The number of carbonyl (C=O) groups excluding carboxylic acids is 1. The highest BCUT2D eigenvalue weighted by Crippen LogP contribution is 2.32. The number of carbonyl (C=O) groups is 1. The van der Waals surface area contributed by atoms with Crippen molar-refractivity contribution in [3.8, 4) is 0 Å². The van der Waals surface area contributed by atoms with Crippen LogP contribution in [0.1, 0.15) is 60.9 Å². The van der Waals surface area contributed by atoms with E-state index in [1.54, 1.807) is 10.4 Å². The van der Waals surface area contributed by atoms with Gasteiger partial charge >= 0.3 is 0 Å². The molecule has 20 heavy (non-hydrogen) atoms. The summed E-state index contributed by atoms with van der Waals surface area (Å²) < 4.78 is 0. The van der Waals surface area contributed by atoms with Gasteiger partial charge in [0.15, 0.2) is 0 Å². The predicted molar refractivity (Wildman–Crippen MR) is 83.1 cm³/mol. The molecule has 0 aliphatic heterocycles. The van der Waals surface area contributed by atoms with Gasteiger partial charge in [0.25, 0.3) is 0 Å². The Balaban J connectivity index is 1.58. The van der Waals surface area contributed by atoms with E-state index in [0.717, 1.165) is 12.8 Å². The van der Waals surface area contributed by atoms with Gasteiger partial charge in [-0.1, -0.05) is 0 Å². The van der Waals surface area contributed by atoms with Crippen LogP contribution in [0.25, 0.3) is 0 Å². The third-order valence-electron chi connectivity index (χ3n) is 4.26. The Kier molecular flexibility index (Phi) is 4.13. The van der Waals surface area contributed by atoms with Gasteiger partial charge in [0.2, 0.25) is 5.91 Å². The molecule has 1 saturated carbocycles. The molecule has 2 aliphatic rings. The lowest BCUT2D eigenvalue weighted by Crippen LogP contribution is -2.43. The zero-order valence-corrected chi connectivity index (χ0v) is 13.2. The molecule has 1 heterocycles. The summed E-state index contributed by atoms with van der Waals surface area (Å²) in [5.74, 6) is 0.140. The Labute approximate surface area is 125 Å². The van der Waals surface area contributed by atoms with E-state index in [0.29, 0.717) is 6.04 Å². The second-order valence-electron chi connectivity index (χ2n) is 6.20. The quantitative estimate of drug-likeness (QED) is 0.876. The highest BCUT2D eigenvalue weighted by molar-refractivity contribution is 7.12. The average molecular weight is 292 g/mol. The van der Waals surface area contributed by atoms with Crippen molar-refractivity contribution in [2.75, 3.05) is 0 Å². The Hall–Kier alpha value is -0.870. The number of thiophene rings is 1. The first-order valence-corrected chi connectivity index (χ1v) is 8.63. The Morgan fingerprint density at radius 1 is 1.30 bits per heavy atom. The zero-order valence-electron chi connectivity index (χ0n) is 12.4. The van der Waals surface area contributed by atoms with Gasteiger partial charge in [0, 0.05) is 21.8 Å². The molecule has 0 radical (unpaired) electrons. The van der Waals surface area contributed by atoms with Gasteiger partial charge in [-0.15, -0.1) is 11.3 Å². The molecule has 1 aromatic heterocycles. The second kappa shape index (κ2) is 5.86. The topological polar surface area (TPSA) is 41.1 Å². The smallest absolute Gasteiger partial charge is 0.237 e. The lowest BCUT2D eigenvalue weighted by Gasteiger charge is -2.18. The minimum Gasteiger partial charge on any atom is -0.352 e. The van der Waals surface area contributed by atoms with Crippen LogP contribution in [0.2, 0.25) is 0 Å². The van der Waals surface area contributed by atoms with Crippen molar-refractivity contribution in [1.82, 2.24) is 10.6 Å². The number of hydrogen-bond acceptors (Lipinski definition) is 3. The summed E-state index contributed by atoms with van der Waals surface area (Å²) in [6.45, 7) is 4.12. The van der Waals surface area contributed by atoms with E-state index in [9.17, 15) is 4.79 Å². The minimum atomic E-state index is -0.121. The molecule has 1 aromatic rings. The lowest BCUT2D eigenvalue weighted by atomic mass is 9.99. The first-order chi connectivity index (χ1) is 9.63. The van der Waals surface area contributed by atoms with Gasteiger partial charge in [0.1, 0.15) is 0 Å². The molecule has 0 bridgehead atoms.